The summed E-state index contributed by atoms with van der Waals surface area (Å²) in [5.74, 6) is -4.54. The first-order valence-electron chi connectivity index (χ1n) is 15.8. The van der Waals surface area contributed by atoms with Gasteiger partial charge in [0, 0.05) is 20.0 Å². The Hall–Kier alpha value is -3.71. The zero-order valence-corrected chi connectivity index (χ0v) is 28.0. The first-order valence-corrected chi connectivity index (χ1v) is 15.8. The number of unbranched alkanes of at least 4 members (excludes halogenated alkanes) is 1. The van der Waals surface area contributed by atoms with Gasteiger partial charge in [0.05, 0.1) is 25.7 Å². The van der Waals surface area contributed by atoms with Crippen molar-refractivity contribution in [1.29, 1.82) is 0 Å². The Morgan fingerprint density at radius 2 is 1.53 bits per heavy atom. The van der Waals surface area contributed by atoms with Gasteiger partial charge in [0.1, 0.15) is 30.2 Å². The summed E-state index contributed by atoms with van der Waals surface area (Å²) in [6.07, 6.45) is 1.38. The fourth-order valence-electron chi connectivity index (χ4n) is 4.77. The zero-order valence-electron chi connectivity index (χ0n) is 28.0. The largest absolute Gasteiger partial charge is 0.394 e. The molecule has 0 spiro atoms. The highest BCUT2D eigenvalue weighted by Crippen LogP contribution is 2.18. The normalized spacial score (nSPS) is 18.0. The molecule has 1 saturated heterocycles. The summed E-state index contributed by atoms with van der Waals surface area (Å²) in [6.45, 7) is 6.36. The molecule has 6 atom stereocenters. The Morgan fingerprint density at radius 3 is 2.06 bits per heavy atom. The third kappa shape index (κ3) is 13.5. The van der Waals surface area contributed by atoms with Gasteiger partial charge < -0.3 is 43.6 Å². The van der Waals surface area contributed by atoms with E-state index in [0.29, 0.717) is 25.8 Å². The number of likely N-dealkylation sites (tertiary alicyclic amines) is 1. The number of likely N-dealkylation sites (N-methyl/N-ethyl adjacent to an activating group) is 2. The summed E-state index contributed by atoms with van der Waals surface area (Å²) in [4.78, 5) is 95.0. The van der Waals surface area contributed by atoms with Crippen LogP contribution in [0.1, 0.15) is 66.2 Å². The van der Waals surface area contributed by atoms with Crippen molar-refractivity contribution in [2.45, 2.75) is 102 Å². The number of carbonyl (C=O) groups excluding carboxylic acids is 7. The van der Waals surface area contributed by atoms with Gasteiger partial charge in [-0.3, -0.25) is 43.3 Å². The van der Waals surface area contributed by atoms with Gasteiger partial charge in [0.2, 0.25) is 41.4 Å². The van der Waals surface area contributed by atoms with Gasteiger partial charge in [-0.05, 0) is 52.0 Å². The number of nitrogens with one attached hydrogen (secondary N) is 4. The fourth-order valence-corrected chi connectivity index (χ4v) is 4.77. The first kappa shape index (κ1) is 41.3. The van der Waals surface area contributed by atoms with Crippen LogP contribution in [0.4, 0.5) is 0 Å². The van der Waals surface area contributed by atoms with Crippen molar-refractivity contribution in [3.8, 4) is 0 Å². The molecule has 1 rings (SSSR count). The first-order chi connectivity index (χ1) is 22.1. The molecule has 1 aliphatic heterocycles. The number of aliphatic hydroxyl groups excluding tert-OH is 1. The van der Waals surface area contributed by atoms with E-state index < -0.39 is 78.3 Å². The number of carbonyl (C=O) groups is 7. The van der Waals surface area contributed by atoms with Crippen LogP contribution in [0.25, 0.3) is 0 Å². The summed E-state index contributed by atoms with van der Waals surface area (Å²) in [5, 5.41) is 20.9. The van der Waals surface area contributed by atoms with E-state index in [4.69, 9.17) is 22.0 Å². The summed E-state index contributed by atoms with van der Waals surface area (Å²) < 4.78 is 0. The Labute approximate surface area is 275 Å². The number of rotatable bonds is 22. The van der Waals surface area contributed by atoms with Gasteiger partial charge in [-0.2, -0.15) is 5.06 Å². The monoisotopic (exact) mass is 671 g/mol. The van der Waals surface area contributed by atoms with Gasteiger partial charge in [-0.25, -0.2) is 0 Å². The van der Waals surface area contributed by atoms with Crippen molar-refractivity contribution >= 4 is 41.4 Å². The molecule has 1 heterocycles. The number of amides is 7. The third-order valence-corrected chi connectivity index (χ3v) is 7.55. The lowest BCUT2D eigenvalue weighted by atomic mass is 10.0. The molecule has 7 amide bonds. The Balaban J connectivity index is 3.03. The maximum Gasteiger partial charge on any atom is 0.249 e. The standard InChI is InChI=1S/C29H53N9O9/c1-6-38-23(40)14-22(29(38)46)37(5)47-12-10-20(35-25(42)17(4)33-26(43)18(31)13-16(2)3)27(44)36-21(15-39)28(45)34-19(24(32)41)9-7-8-11-30/h16-22,39H,6-15,30-31H2,1-5H3,(H2,32,41)(H,33,43)(H,34,45)(H,35,42)(H,36,44)/t17-,18-,19-,20-,21-,22?/m0/s1. The molecule has 0 aromatic carbocycles. The molecular formula is C29H53N9O9. The minimum atomic E-state index is -1.52. The number of aliphatic hydroxyl groups is 1. The van der Waals surface area contributed by atoms with E-state index in [1.54, 1.807) is 6.92 Å². The molecule has 47 heavy (non-hydrogen) atoms. The van der Waals surface area contributed by atoms with Gasteiger partial charge in [-0.1, -0.05) is 13.8 Å². The van der Waals surface area contributed by atoms with Crippen molar-refractivity contribution in [2.75, 3.05) is 33.4 Å². The molecule has 0 saturated carbocycles. The molecule has 1 unspecified atom stereocenters. The third-order valence-electron chi connectivity index (χ3n) is 7.55. The molecule has 18 nitrogen and oxygen atoms in total. The zero-order chi connectivity index (χ0) is 35.8. The van der Waals surface area contributed by atoms with Crippen molar-refractivity contribution < 1.29 is 43.5 Å². The van der Waals surface area contributed by atoms with Gasteiger partial charge >= 0.3 is 0 Å². The van der Waals surface area contributed by atoms with Crippen LogP contribution in [0.5, 0.6) is 0 Å². The molecule has 0 radical (unpaired) electrons. The molecule has 1 fully saturated rings. The minimum absolute atomic E-state index is 0.0915. The summed E-state index contributed by atoms with van der Waals surface area (Å²) in [7, 11) is 1.45. The molecule has 0 aliphatic carbocycles. The van der Waals surface area contributed by atoms with Crippen LogP contribution in [0.15, 0.2) is 0 Å². The predicted octanol–water partition coefficient (Wildman–Crippen LogP) is -3.67. The maximum absolute atomic E-state index is 13.4. The van der Waals surface area contributed by atoms with Gasteiger partial charge in [0.15, 0.2) is 0 Å². The number of nitrogens with two attached hydrogens (primary N) is 3. The van der Waals surface area contributed by atoms with Crippen molar-refractivity contribution in [3.05, 3.63) is 0 Å². The highest BCUT2D eigenvalue weighted by Gasteiger charge is 2.40. The number of imide groups is 1. The molecule has 11 N–H and O–H groups in total. The van der Waals surface area contributed by atoms with Crippen molar-refractivity contribution in [2.24, 2.45) is 23.1 Å². The Morgan fingerprint density at radius 1 is 0.936 bits per heavy atom. The van der Waals surface area contributed by atoms with Crippen LogP contribution in [0.3, 0.4) is 0 Å². The highest BCUT2D eigenvalue weighted by atomic mass is 16.7. The topological polar surface area (TPSA) is 282 Å². The summed E-state index contributed by atoms with van der Waals surface area (Å²) in [6, 6.07) is -6.78. The van der Waals surface area contributed by atoms with Crippen LogP contribution in [0.2, 0.25) is 0 Å². The van der Waals surface area contributed by atoms with E-state index in [2.05, 4.69) is 21.3 Å². The summed E-state index contributed by atoms with van der Waals surface area (Å²) in [5.41, 5.74) is 16.8. The van der Waals surface area contributed by atoms with E-state index in [-0.39, 0.29) is 44.2 Å². The second kappa shape index (κ2) is 20.5. The quantitative estimate of drug-likeness (QED) is 0.0314. The van der Waals surface area contributed by atoms with E-state index in [9.17, 15) is 38.7 Å². The Kier molecular flexibility index (Phi) is 18.0. The molecule has 0 aromatic heterocycles. The minimum Gasteiger partial charge on any atom is -0.394 e. The maximum atomic E-state index is 13.4. The molecule has 1 aliphatic rings. The van der Waals surface area contributed by atoms with Crippen molar-refractivity contribution in [3.63, 3.8) is 0 Å². The lowest BCUT2D eigenvalue weighted by Crippen LogP contribution is -2.59. The van der Waals surface area contributed by atoms with E-state index >= 15 is 0 Å². The number of hydrogen-bond donors (Lipinski definition) is 8. The van der Waals surface area contributed by atoms with Crippen molar-refractivity contribution in [1.82, 2.24) is 31.2 Å². The molecule has 268 valence electrons. The Bertz CT molecular complexity index is 1110. The SMILES string of the molecule is CCN1C(=O)CC(N(C)OCC[C@H](NC(=O)[C@H](C)NC(=O)[C@@H](N)CC(C)C)C(=O)N[C@@H](CO)C(=O)N[C@@H](CCCCN)C(N)=O)C1=O. The second-order valence-electron chi connectivity index (χ2n) is 11.9. The average Bonchev–Trinajstić information content (AvgIpc) is 3.30. The molecule has 0 bridgehead atoms. The van der Waals surface area contributed by atoms with E-state index in [1.807, 2.05) is 13.8 Å². The van der Waals surface area contributed by atoms with Gasteiger partial charge in [0.25, 0.3) is 0 Å². The van der Waals surface area contributed by atoms with Crippen LogP contribution < -0.4 is 38.5 Å². The average molecular weight is 672 g/mol. The fraction of sp³-hybridized carbons (Fsp3) is 0.759. The van der Waals surface area contributed by atoms with Crippen LogP contribution >= 0.6 is 0 Å². The molecule has 0 aromatic rings. The number of hydroxylamine groups is 2. The smallest absolute Gasteiger partial charge is 0.249 e. The van der Waals surface area contributed by atoms with Crippen LogP contribution in [0, 0.1) is 5.92 Å². The van der Waals surface area contributed by atoms with Crippen LogP contribution in [-0.2, 0) is 38.4 Å². The number of nitrogens with zero attached hydrogens (tertiary/aromatic N) is 2. The van der Waals surface area contributed by atoms with Crippen LogP contribution in [-0.4, -0.2) is 126 Å². The van der Waals surface area contributed by atoms with E-state index in [1.165, 1.54) is 19.0 Å². The number of primary amides is 1. The second-order valence-corrected chi connectivity index (χ2v) is 11.9. The lowest BCUT2D eigenvalue weighted by molar-refractivity contribution is -0.177. The predicted molar refractivity (Wildman–Crippen MR) is 169 cm³/mol. The molecule has 18 heteroatoms. The lowest BCUT2D eigenvalue weighted by Gasteiger charge is -2.26. The molecular weight excluding hydrogens is 618 g/mol. The van der Waals surface area contributed by atoms with Gasteiger partial charge in [-0.15, -0.1) is 0 Å². The summed E-state index contributed by atoms with van der Waals surface area (Å²) >= 11 is 0. The highest BCUT2D eigenvalue weighted by molar-refractivity contribution is 6.05. The van der Waals surface area contributed by atoms with E-state index in [0.717, 1.165) is 4.90 Å². The number of hydrogen-bond acceptors (Lipinski definition) is 12.